The first kappa shape index (κ1) is 12.4. The van der Waals surface area contributed by atoms with E-state index in [1.54, 1.807) is 4.57 Å². The Morgan fingerprint density at radius 3 is 2.80 bits per heavy atom. The van der Waals surface area contributed by atoms with Crippen LogP contribution in [0.15, 0.2) is 36.0 Å². The maximum Gasteiger partial charge on any atom is 0.383 e. The Balaban J connectivity index is 1.92. The zero-order valence-electron chi connectivity index (χ0n) is 9.82. The number of nitrogens with zero attached hydrogens (tertiary/aromatic N) is 4. The lowest BCUT2D eigenvalue weighted by atomic mass is 10.3. The van der Waals surface area contributed by atoms with Crippen molar-refractivity contribution in [2.24, 2.45) is 0 Å². The summed E-state index contributed by atoms with van der Waals surface area (Å²) in [6, 6.07) is 0. The first-order chi connectivity index (χ1) is 9.58. The van der Waals surface area contributed by atoms with Crippen molar-refractivity contribution in [3.05, 3.63) is 41.2 Å². The first-order valence-electron chi connectivity index (χ1n) is 5.44. The fourth-order valence-corrected chi connectivity index (χ4v) is 1.89. The number of aliphatic hydroxyl groups is 2. The van der Waals surface area contributed by atoms with Gasteiger partial charge in [-0.05, 0) is 6.08 Å². The summed E-state index contributed by atoms with van der Waals surface area (Å²) in [4.78, 5) is 22.9. The highest BCUT2D eigenvalue weighted by Crippen LogP contribution is 2.23. The average Bonchev–Trinajstić information content (AvgIpc) is 2.95. The summed E-state index contributed by atoms with van der Waals surface area (Å²) in [6.07, 6.45) is 4.20. The van der Waals surface area contributed by atoms with Gasteiger partial charge < -0.3 is 19.5 Å². The summed E-state index contributed by atoms with van der Waals surface area (Å²) in [5.41, 5.74) is 0.942. The molecule has 0 bridgehead atoms. The van der Waals surface area contributed by atoms with Gasteiger partial charge in [0.25, 0.3) is 0 Å². The number of aliphatic hydroxyl groups excluding tert-OH is 2. The summed E-state index contributed by atoms with van der Waals surface area (Å²) in [6.45, 7) is 0.212. The SMILES string of the molecule is O=C1O/C(=C\Cn2cnc3c(Cl)ncnc32)C(O)=C1O. The molecule has 3 heterocycles. The zero-order valence-corrected chi connectivity index (χ0v) is 10.6. The highest BCUT2D eigenvalue weighted by atomic mass is 35.5. The van der Waals surface area contributed by atoms with E-state index >= 15 is 0 Å². The molecule has 0 unspecified atom stereocenters. The van der Waals surface area contributed by atoms with Crippen molar-refractivity contribution in [3.8, 4) is 0 Å². The smallest absolute Gasteiger partial charge is 0.383 e. The lowest BCUT2D eigenvalue weighted by Crippen LogP contribution is -1.99. The predicted octanol–water partition coefficient (Wildman–Crippen LogP) is 1.25. The number of hydrogen-bond acceptors (Lipinski definition) is 7. The van der Waals surface area contributed by atoms with Crippen LogP contribution in [0.1, 0.15) is 0 Å². The fourth-order valence-electron chi connectivity index (χ4n) is 1.72. The molecule has 0 radical (unpaired) electrons. The van der Waals surface area contributed by atoms with Gasteiger partial charge in [-0.3, -0.25) is 0 Å². The number of allylic oxidation sites excluding steroid dienone is 1. The van der Waals surface area contributed by atoms with Crippen LogP contribution >= 0.6 is 11.6 Å². The van der Waals surface area contributed by atoms with Crippen molar-refractivity contribution in [1.82, 2.24) is 19.5 Å². The molecule has 102 valence electrons. The third-order valence-corrected chi connectivity index (χ3v) is 2.96. The summed E-state index contributed by atoms with van der Waals surface area (Å²) >= 11 is 5.87. The monoisotopic (exact) mass is 294 g/mol. The Morgan fingerprint density at radius 2 is 2.10 bits per heavy atom. The van der Waals surface area contributed by atoms with E-state index in [1.807, 2.05) is 0 Å². The molecule has 2 aromatic rings. The Bertz CT molecular complexity index is 780. The van der Waals surface area contributed by atoms with E-state index in [0.29, 0.717) is 11.2 Å². The number of cyclic esters (lactones) is 1. The van der Waals surface area contributed by atoms with Crippen LogP contribution in [0.25, 0.3) is 11.2 Å². The molecule has 1 aliphatic rings. The minimum Gasteiger partial charge on any atom is -0.502 e. The van der Waals surface area contributed by atoms with Crippen LogP contribution in [0, 0.1) is 0 Å². The normalized spacial score (nSPS) is 17.2. The molecule has 0 aromatic carbocycles. The van der Waals surface area contributed by atoms with E-state index in [9.17, 15) is 9.90 Å². The molecule has 20 heavy (non-hydrogen) atoms. The molecule has 3 rings (SSSR count). The van der Waals surface area contributed by atoms with Crippen LogP contribution in [0.2, 0.25) is 5.15 Å². The zero-order chi connectivity index (χ0) is 14.3. The van der Waals surface area contributed by atoms with Gasteiger partial charge in [0.2, 0.25) is 11.5 Å². The maximum absolute atomic E-state index is 11.0. The number of rotatable bonds is 2. The van der Waals surface area contributed by atoms with Crippen molar-refractivity contribution in [2.45, 2.75) is 6.54 Å². The summed E-state index contributed by atoms with van der Waals surface area (Å²) in [5, 5.41) is 18.8. The van der Waals surface area contributed by atoms with Gasteiger partial charge in [0.1, 0.15) is 11.8 Å². The second-order valence-electron chi connectivity index (χ2n) is 3.89. The van der Waals surface area contributed by atoms with Crippen molar-refractivity contribution < 1.29 is 19.7 Å². The molecule has 8 nitrogen and oxygen atoms in total. The van der Waals surface area contributed by atoms with Crippen LogP contribution in [-0.2, 0) is 16.1 Å². The summed E-state index contributed by atoms with van der Waals surface area (Å²) in [7, 11) is 0. The third kappa shape index (κ3) is 1.86. The van der Waals surface area contributed by atoms with Gasteiger partial charge in [-0.25, -0.2) is 19.7 Å². The topological polar surface area (TPSA) is 110 Å². The predicted molar refractivity (Wildman–Crippen MR) is 66.8 cm³/mol. The standard InChI is InChI=1S/C11H7ClN4O4/c12-9-6-10(14-3-13-9)16(4-15-6)2-1-5-7(17)8(18)11(19)20-5/h1,3-4,17-18H,2H2/b5-1-. The number of hydrogen-bond donors (Lipinski definition) is 2. The Labute approximate surface area is 116 Å². The molecule has 9 heteroatoms. The van der Waals surface area contributed by atoms with Crippen LogP contribution in [0.4, 0.5) is 0 Å². The maximum atomic E-state index is 11.0. The lowest BCUT2D eigenvalue weighted by Gasteiger charge is -2.00. The van der Waals surface area contributed by atoms with Crippen LogP contribution in [-0.4, -0.2) is 35.7 Å². The average molecular weight is 295 g/mol. The second-order valence-corrected chi connectivity index (χ2v) is 4.25. The third-order valence-electron chi connectivity index (χ3n) is 2.68. The van der Waals surface area contributed by atoms with Gasteiger partial charge in [0, 0.05) is 6.54 Å². The van der Waals surface area contributed by atoms with Gasteiger partial charge in [-0.2, -0.15) is 0 Å². The highest BCUT2D eigenvalue weighted by molar-refractivity contribution is 6.33. The van der Waals surface area contributed by atoms with E-state index in [-0.39, 0.29) is 17.5 Å². The van der Waals surface area contributed by atoms with Crippen LogP contribution in [0.5, 0.6) is 0 Å². The van der Waals surface area contributed by atoms with Crippen molar-refractivity contribution in [1.29, 1.82) is 0 Å². The number of carbonyl (C=O) groups is 1. The number of aromatic nitrogens is 4. The van der Waals surface area contributed by atoms with Crippen LogP contribution in [0.3, 0.4) is 0 Å². The molecular formula is C11H7ClN4O4. The molecule has 0 spiro atoms. The lowest BCUT2D eigenvalue weighted by molar-refractivity contribution is -0.135. The minimum absolute atomic E-state index is 0.116. The molecule has 2 aromatic heterocycles. The van der Waals surface area contributed by atoms with E-state index < -0.39 is 17.5 Å². The molecule has 0 atom stereocenters. The fraction of sp³-hybridized carbons (Fsp3) is 0.0909. The van der Waals surface area contributed by atoms with Crippen molar-refractivity contribution in [2.75, 3.05) is 0 Å². The Morgan fingerprint density at radius 1 is 1.30 bits per heavy atom. The van der Waals surface area contributed by atoms with Gasteiger partial charge in [-0.15, -0.1) is 0 Å². The number of ether oxygens (including phenoxy) is 1. The molecule has 0 saturated heterocycles. The van der Waals surface area contributed by atoms with Gasteiger partial charge in [0.15, 0.2) is 16.6 Å². The molecule has 0 fully saturated rings. The number of carbonyl (C=O) groups excluding carboxylic acids is 1. The molecule has 2 N–H and O–H groups in total. The van der Waals surface area contributed by atoms with Gasteiger partial charge in [-0.1, -0.05) is 11.6 Å². The van der Waals surface area contributed by atoms with Gasteiger partial charge >= 0.3 is 5.97 Å². The molecule has 0 saturated carbocycles. The Kier molecular flexibility index (Phi) is 2.79. The largest absolute Gasteiger partial charge is 0.502 e. The minimum atomic E-state index is -0.991. The molecule has 0 amide bonds. The summed E-state index contributed by atoms with van der Waals surface area (Å²) < 4.78 is 6.29. The van der Waals surface area contributed by atoms with Crippen molar-refractivity contribution in [3.63, 3.8) is 0 Å². The van der Waals surface area contributed by atoms with E-state index in [0.717, 1.165) is 0 Å². The van der Waals surface area contributed by atoms with E-state index in [2.05, 4.69) is 19.7 Å². The molecule has 1 aliphatic heterocycles. The number of fused-ring (bicyclic) bond motifs is 1. The number of halogens is 1. The second kappa shape index (κ2) is 4.49. The van der Waals surface area contributed by atoms with Crippen molar-refractivity contribution >= 4 is 28.7 Å². The quantitative estimate of drug-likeness (QED) is 0.633. The number of esters is 1. The van der Waals surface area contributed by atoms with E-state index in [4.69, 9.17) is 16.7 Å². The van der Waals surface area contributed by atoms with E-state index in [1.165, 1.54) is 18.7 Å². The number of imidazole rings is 1. The molecule has 0 aliphatic carbocycles. The van der Waals surface area contributed by atoms with Crippen LogP contribution < -0.4 is 0 Å². The molecular weight excluding hydrogens is 288 g/mol. The summed E-state index contributed by atoms with van der Waals surface area (Å²) in [5.74, 6) is -2.51. The van der Waals surface area contributed by atoms with Gasteiger partial charge in [0.05, 0.1) is 6.33 Å². The first-order valence-corrected chi connectivity index (χ1v) is 5.82. The Hall–Kier alpha value is -2.61. The highest BCUT2D eigenvalue weighted by Gasteiger charge is 2.29.